The molecule has 2 aromatic rings. The second-order valence-corrected chi connectivity index (χ2v) is 4.72. The third-order valence-corrected chi connectivity index (χ3v) is 3.19. The predicted octanol–water partition coefficient (Wildman–Crippen LogP) is 2.79. The number of aromatic hydroxyl groups is 3. The molecular formula is C16H16O4. The molecule has 0 amide bonds. The average molecular weight is 272 g/mol. The summed E-state index contributed by atoms with van der Waals surface area (Å²) in [6, 6.07) is 9.27. The van der Waals surface area contributed by atoms with Crippen molar-refractivity contribution in [3.05, 3.63) is 53.1 Å². The van der Waals surface area contributed by atoms with Crippen molar-refractivity contribution in [3.63, 3.8) is 0 Å². The molecule has 0 unspecified atom stereocenters. The highest BCUT2D eigenvalue weighted by Crippen LogP contribution is 2.25. The van der Waals surface area contributed by atoms with E-state index in [2.05, 4.69) is 0 Å². The van der Waals surface area contributed by atoms with Crippen molar-refractivity contribution < 1.29 is 20.1 Å². The number of hydrogen-bond acceptors (Lipinski definition) is 4. The second-order valence-electron chi connectivity index (χ2n) is 4.72. The van der Waals surface area contributed by atoms with E-state index in [4.69, 9.17) is 0 Å². The van der Waals surface area contributed by atoms with Crippen LogP contribution in [-0.4, -0.2) is 21.1 Å². The standard InChI is InChI=1S/C16H16O4/c1-10(17)14-8-11(3-6-16(14)20)2-4-12-9-13(18)5-7-15(12)19/h3,5-9,18-20H,2,4H2,1H3. The highest BCUT2D eigenvalue weighted by Gasteiger charge is 2.08. The van der Waals surface area contributed by atoms with Crippen LogP contribution in [0, 0.1) is 0 Å². The number of benzene rings is 2. The summed E-state index contributed by atoms with van der Waals surface area (Å²) in [5.41, 5.74) is 1.82. The molecule has 4 nitrogen and oxygen atoms in total. The molecule has 3 N–H and O–H groups in total. The highest BCUT2D eigenvalue weighted by molar-refractivity contribution is 5.96. The SMILES string of the molecule is CC(=O)c1cc(CCc2cc(O)ccc2O)ccc1O. The fourth-order valence-electron chi connectivity index (χ4n) is 2.07. The van der Waals surface area contributed by atoms with Crippen molar-refractivity contribution in [1.29, 1.82) is 0 Å². The Labute approximate surface area is 116 Å². The summed E-state index contributed by atoms with van der Waals surface area (Å²) in [4.78, 5) is 11.4. The van der Waals surface area contributed by atoms with Crippen LogP contribution in [0.4, 0.5) is 0 Å². The minimum absolute atomic E-state index is 0.0264. The monoisotopic (exact) mass is 272 g/mol. The van der Waals surface area contributed by atoms with Crippen molar-refractivity contribution in [2.75, 3.05) is 0 Å². The first kappa shape index (κ1) is 13.9. The lowest BCUT2D eigenvalue weighted by Gasteiger charge is -2.07. The van der Waals surface area contributed by atoms with E-state index in [9.17, 15) is 20.1 Å². The molecule has 104 valence electrons. The van der Waals surface area contributed by atoms with Crippen LogP contribution < -0.4 is 0 Å². The van der Waals surface area contributed by atoms with Crippen molar-refractivity contribution in [3.8, 4) is 17.2 Å². The summed E-state index contributed by atoms with van der Waals surface area (Å²) in [5, 5.41) is 28.7. The summed E-state index contributed by atoms with van der Waals surface area (Å²) in [5.74, 6) is 0.0207. The van der Waals surface area contributed by atoms with Crippen molar-refractivity contribution in [2.45, 2.75) is 19.8 Å². The molecule has 0 radical (unpaired) electrons. The zero-order valence-electron chi connectivity index (χ0n) is 11.1. The summed E-state index contributed by atoms with van der Waals surface area (Å²) < 4.78 is 0. The van der Waals surface area contributed by atoms with Crippen LogP contribution in [0.5, 0.6) is 17.2 Å². The number of aryl methyl sites for hydroxylation is 2. The van der Waals surface area contributed by atoms with E-state index >= 15 is 0 Å². The van der Waals surface area contributed by atoms with Gasteiger partial charge in [0.1, 0.15) is 17.2 Å². The minimum Gasteiger partial charge on any atom is -0.508 e. The van der Waals surface area contributed by atoms with E-state index in [-0.39, 0.29) is 23.0 Å². The smallest absolute Gasteiger partial charge is 0.163 e. The molecule has 0 aliphatic heterocycles. The maximum atomic E-state index is 11.4. The molecule has 0 heterocycles. The lowest BCUT2D eigenvalue weighted by molar-refractivity contribution is 0.101. The molecule has 0 fully saturated rings. The van der Waals surface area contributed by atoms with Gasteiger partial charge in [-0.15, -0.1) is 0 Å². The van der Waals surface area contributed by atoms with Gasteiger partial charge < -0.3 is 15.3 Å². The maximum absolute atomic E-state index is 11.4. The van der Waals surface area contributed by atoms with Crippen LogP contribution in [0.3, 0.4) is 0 Å². The Morgan fingerprint density at radius 3 is 2.35 bits per heavy atom. The van der Waals surface area contributed by atoms with Gasteiger partial charge in [0.05, 0.1) is 5.56 Å². The summed E-state index contributed by atoms with van der Waals surface area (Å²) in [6.45, 7) is 1.40. The molecule has 0 atom stereocenters. The number of rotatable bonds is 4. The second kappa shape index (κ2) is 5.65. The fraction of sp³-hybridized carbons (Fsp3) is 0.188. The number of carbonyl (C=O) groups excluding carboxylic acids is 1. The van der Waals surface area contributed by atoms with E-state index in [1.807, 2.05) is 0 Å². The van der Waals surface area contributed by atoms with Gasteiger partial charge in [-0.25, -0.2) is 0 Å². The topological polar surface area (TPSA) is 77.8 Å². The Morgan fingerprint density at radius 1 is 0.950 bits per heavy atom. The van der Waals surface area contributed by atoms with E-state index in [0.717, 1.165) is 5.56 Å². The largest absolute Gasteiger partial charge is 0.508 e. The van der Waals surface area contributed by atoms with Gasteiger partial charge in [0, 0.05) is 0 Å². The number of phenolic OH excluding ortho intramolecular Hbond substituents is 3. The van der Waals surface area contributed by atoms with Gasteiger partial charge in [0.2, 0.25) is 0 Å². The molecule has 0 spiro atoms. The number of carbonyl (C=O) groups is 1. The van der Waals surface area contributed by atoms with E-state index < -0.39 is 0 Å². The van der Waals surface area contributed by atoms with E-state index in [0.29, 0.717) is 24.0 Å². The Balaban J connectivity index is 2.17. The number of phenols is 3. The van der Waals surface area contributed by atoms with Gasteiger partial charge in [-0.1, -0.05) is 6.07 Å². The lowest BCUT2D eigenvalue weighted by Crippen LogP contribution is -1.97. The summed E-state index contributed by atoms with van der Waals surface area (Å²) in [6.07, 6.45) is 1.12. The van der Waals surface area contributed by atoms with Gasteiger partial charge in [0.25, 0.3) is 0 Å². The Kier molecular flexibility index (Phi) is 3.94. The molecule has 4 heteroatoms. The van der Waals surface area contributed by atoms with Gasteiger partial charge >= 0.3 is 0 Å². The maximum Gasteiger partial charge on any atom is 0.163 e. The van der Waals surface area contributed by atoms with Gasteiger partial charge in [-0.2, -0.15) is 0 Å². The zero-order valence-corrected chi connectivity index (χ0v) is 11.1. The van der Waals surface area contributed by atoms with Crippen LogP contribution in [0.2, 0.25) is 0 Å². The van der Waals surface area contributed by atoms with Gasteiger partial charge in [0.15, 0.2) is 5.78 Å². The van der Waals surface area contributed by atoms with Gasteiger partial charge in [-0.3, -0.25) is 4.79 Å². The average Bonchev–Trinajstić information content (AvgIpc) is 2.41. The fourth-order valence-corrected chi connectivity index (χ4v) is 2.07. The Morgan fingerprint density at radius 2 is 1.65 bits per heavy atom. The van der Waals surface area contributed by atoms with Crippen LogP contribution >= 0.6 is 0 Å². The molecule has 20 heavy (non-hydrogen) atoms. The van der Waals surface area contributed by atoms with Crippen molar-refractivity contribution in [2.24, 2.45) is 0 Å². The molecule has 0 saturated carbocycles. The molecule has 2 rings (SSSR count). The Hall–Kier alpha value is -2.49. The molecule has 0 aliphatic carbocycles. The molecule has 0 saturated heterocycles. The van der Waals surface area contributed by atoms with Crippen LogP contribution in [0.1, 0.15) is 28.4 Å². The number of hydrogen-bond donors (Lipinski definition) is 3. The highest BCUT2D eigenvalue weighted by atomic mass is 16.3. The zero-order chi connectivity index (χ0) is 14.7. The van der Waals surface area contributed by atoms with Crippen LogP contribution in [0.25, 0.3) is 0 Å². The number of ketones is 1. The first-order chi connectivity index (χ1) is 9.47. The van der Waals surface area contributed by atoms with E-state index in [1.165, 1.54) is 31.2 Å². The molecular weight excluding hydrogens is 256 g/mol. The third kappa shape index (κ3) is 3.09. The van der Waals surface area contributed by atoms with Crippen LogP contribution in [-0.2, 0) is 12.8 Å². The molecule has 0 aliphatic rings. The first-order valence-corrected chi connectivity index (χ1v) is 6.31. The van der Waals surface area contributed by atoms with Crippen molar-refractivity contribution in [1.82, 2.24) is 0 Å². The van der Waals surface area contributed by atoms with E-state index in [1.54, 1.807) is 12.1 Å². The lowest BCUT2D eigenvalue weighted by atomic mass is 10.00. The molecule has 0 aromatic heterocycles. The quantitative estimate of drug-likeness (QED) is 0.590. The normalized spacial score (nSPS) is 10.4. The molecule has 0 bridgehead atoms. The summed E-state index contributed by atoms with van der Waals surface area (Å²) >= 11 is 0. The molecule has 2 aromatic carbocycles. The van der Waals surface area contributed by atoms with Gasteiger partial charge in [-0.05, 0) is 61.2 Å². The predicted molar refractivity (Wildman–Crippen MR) is 75.3 cm³/mol. The first-order valence-electron chi connectivity index (χ1n) is 6.31. The van der Waals surface area contributed by atoms with Crippen molar-refractivity contribution >= 4 is 5.78 Å². The third-order valence-electron chi connectivity index (χ3n) is 3.19. The number of Topliss-reactive ketones (excluding diaryl/α,β-unsaturated/α-hetero) is 1. The minimum atomic E-state index is -0.190. The van der Waals surface area contributed by atoms with Crippen LogP contribution in [0.15, 0.2) is 36.4 Å². The summed E-state index contributed by atoms with van der Waals surface area (Å²) in [7, 11) is 0. The Bertz CT molecular complexity index is 647.